The number of nitrogens with one attached hydrogen (secondary N) is 2. The van der Waals surface area contributed by atoms with E-state index in [2.05, 4.69) is 20.3 Å². The number of pyridine rings is 1. The van der Waals surface area contributed by atoms with Crippen molar-refractivity contribution in [2.24, 2.45) is 10.4 Å². The van der Waals surface area contributed by atoms with Crippen molar-refractivity contribution in [3.8, 4) is 22.6 Å². The minimum atomic E-state index is -0.903. The molecule has 0 radical (unpaired) electrons. The molecular formula is C30H29F2N5O5. The number of halogens is 2. The Kier molecular flexibility index (Phi) is 7.48. The summed E-state index contributed by atoms with van der Waals surface area (Å²) in [5.41, 5.74) is 2.49. The molecule has 2 aliphatic rings. The number of anilines is 1. The molecule has 10 nitrogen and oxygen atoms in total. The van der Waals surface area contributed by atoms with Crippen LogP contribution in [0.3, 0.4) is 0 Å². The molecule has 2 N–H and O–H groups in total. The van der Waals surface area contributed by atoms with Crippen LogP contribution in [0, 0.1) is 17.0 Å². The van der Waals surface area contributed by atoms with E-state index >= 15 is 8.78 Å². The molecule has 4 heterocycles. The van der Waals surface area contributed by atoms with Gasteiger partial charge in [-0.25, -0.2) is 18.8 Å². The summed E-state index contributed by atoms with van der Waals surface area (Å²) in [7, 11) is 3.29. The lowest BCUT2D eigenvalue weighted by Gasteiger charge is -2.41. The van der Waals surface area contributed by atoms with E-state index in [0.717, 1.165) is 17.7 Å². The Bertz CT molecular complexity index is 1630. The van der Waals surface area contributed by atoms with Crippen molar-refractivity contribution in [2.75, 3.05) is 59.0 Å². The Labute approximate surface area is 240 Å². The van der Waals surface area contributed by atoms with Gasteiger partial charge < -0.3 is 34.1 Å². The first kappa shape index (κ1) is 27.6. The van der Waals surface area contributed by atoms with Gasteiger partial charge in [0.15, 0.2) is 17.4 Å². The molecule has 12 heteroatoms. The van der Waals surface area contributed by atoms with Crippen LogP contribution in [0.25, 0.3) is 22.2 Å². The van der Waals surface area contributed by atoms with Crippen LogP contribution in [0.2, 0.25) is 0 Å². The number of aromatic amines is 1. The summed E-state index contributed by atoms with van der Waals surface area (Å²) in [5, 5.41) is 3.36. The quantitative estimate of drug-likeness (QED) is 0.309. The molecule has 2 aromatic carbocycles. The number of carbonyl (C=O) groups excluding carboxylic acids is 1. The number of amidine groups is 1. The molecule has 1 spiro atoms. The number of aromatic nitrogens is 2. The lowest BCUT2D eigenvalue weighted by atomic mass is 9.87. The van der Waals surface area contributed by atoms with Crippen LogP contribution >= 0.6 is 0 Å². The van der Waals surface area contributed by atoms with Gasteiger partial charge in [0.05, 0.1) is 37.2 Å². The molecule has 0 saturated carbocycles. The Morgan fingerprint density at radius 1 is 1.14 bits per heavy atom. The maximum absolute atomic E-state index is 15.2. The van der Waals surface area contributed by atoms with E-state index in [1.165, 1.54) is 12.3 Å². The number of benzene rings is 2. The second-order valence-electron chi connectivity index (χ2n) is 10.4. The van der Waals surface area contributed by atoms with E-state index in [1.54, 1.807) is 49.5 Å². The van der Waals surface area contributed by atoms with Gasteiger partial charge in [-0.3, -0.25) is 4.79 Å². The van der Waals surface area contributed by atoms with Crippen molar-refractivity contribution >= 4 is 28.6 Å². The number of nitrogens with zero attached hydrogens (tertiary/aromatic N) is 3. The molecule has 6 rings (SSSR count). The third-order valence-electron chi connectivity index (χ3n) is 7.31. The highest BCUT2D eigenvalue weighted by Gasteiger charge is 2.42. The molecule has 0 atom stereocenters. The van der Waals surface area contributed by atoms with Gasteiger partial charge in [0.1, 0.15) is 18.0 Å². The second kappa shape index (κ2) is 11.4. The number of ether oxygens (including phenoxy) is 4. The summed E-state index contributed by atoms with van der Waals surface area (Å²) >= 11 is 0. The molecule has 1 amide bonds. The number of amides is 1. The van der Waals surface area contributed by atoms with E-state index in [-0.39, 0.29) is 28.8 Å². The Morgan fingerprint density at radius 2 is 1.90 bits per heavy atom. The molecule has 4 aromatic rings. The standard InChI is InChI=1S/C30H29F2N5O5/c1-37(9-10-39-2)28(38)19-5-3-18(4-6-19)21-13-34-27-25(21)24(7-8-33-27)42-26-22(31)11-20(12-23(26)32)36-29-35-14-30(17-41-29)15-40-16-30/h3-8,11-13H,9-10,14-17H2,1-2H3,(H,33,34)(H,35,36). The van der Waals surface area contributed by atoms with Gasteiger partial charge in [-0.1, -0.05) is 12.1 Å². The largest absolute Gasteiger partial charge is 0.464 e. The van der Waals surface area contributed by atoms with Gasteiger partial charge >= 0.3 is 0 Å². The SMILES string of the molecule is COCCN(C)C(=O)c1ccc(-c2c[nH]c3nccc(Oc4c(F)cc(NC5=NCC6(COC6)CO5)cc4F)c23)cc1. The predicted molar refractivity (Wildman–Crippen MR) is 152 cm³/mol. The average Bonchev–Trinajstić information content (AvgIpc) is 3.42. The zero-order valence-electron chi connectivity index (χ0n) is 23.1. The first-order chi connectivity index (χ1) is 20.4. The van der Waals surface area contributed by atoms with Gasteiger partial charge in [-0.15, -0.1) is 0 Å². The smallest absolute Gasteiger partial charge is 0.289 e. The summed E-state index contributed by atoms with van der Waals surface area (Å²) in [5.74, 6) is -2.29. The van der Waals surface area contributed by atoms with Crippen LogP contribution in [0.1, 0.15) is 10.4 Å². The van der Waals surface area contributed by atoms with Crippen LogP contribution in [0.4, 0.5) is 14.5 Å². The number of hydrogen-bond acceptors (Lipinski definition) is 8. The molecule has 0 aliphatic carbocycles. The highest BCUT2D eigenvalue weighted by Crippen LogP contribution is 2.39. The van der Waals surface area contributed by atoms with Gasteiger partial charge in [0.25, 0.3) is 11.9 Å². The molecule has 1 fully saturated rings. The molecule has 2 aromatic heterocycles. The van der Waals surface area contributed by atoms with Crippen molar-refractivity contribution in [1.82, 2.24) is 14.9 Å². The lowest BCUT2D eigenvalue weighted by Crippen LogP contribution is -2.51. The molecule has 42 heavy (non-hydrogen) atoms. The van der Waals surface area contributed by atoms with Crippen molar-refractivity contribution in [1.29, 1.82) is 0 Å². The van der Waals surface area contributed by atoms with Crippen molar-refractivity contribution < 1.29 is 32.5 Å². The summed E-state index contributed by atoms with van der Waals surface area (Å²) in [6.07, 6.45) is 3.22. The number of likely N-dealkylation sites (N-methyl/N-ethyl adjacent to an activating group) is 1. The maximum atomic E-state index is 15.2. The molecule has 0 unspecified atom stereocenters. The minimum Gasteiger partial charge on any atom is -0.464 e. The highest BCUT2D eigenvalue weighted by atomic mass is 19.1. The fourth-order valence-corrected chi connectivity index (χ4v) is 4.84. The highest BCUT2D eigenvalue weighted by molar-refractivity contribution is 5.99. The van der Waals surface area contributed by atoms with E-state index < -0.39 is 17.4 Å². The van der Waals surface area contributed by atoms with Crippen molar-refractivity contribution in [2.45, 2.75) is 0 Å². The number of carbonyl (C=O) groups is 1. The number of hydrogen-bond donors (Lipinski definition) is 2. The van der Waals surface area contributed by atoms with Crippen molar-refractivity contribution in [3.63, 3.8) is 0 Å². The van der Waals surface area contributed by atoms with Crippen LogP contribution in [-0.2, 0) is 14.2 Å². The van der Waals surface area contributed by atoms with Gasteiger partial charge in [-0.2, -0.15) is 0 Å². The van der Waals surface area contributed by atoms with Crippen LogP contribution in [0.15, 0.2) is 59.9 Å². The third kappa shape index (κ3) is 5.38. The second-order valence-corrected chi connectivity index (χ2v) is 10.4. The summed E-state index contributed by atoms with van der Waals surface area (Å²) in [4.78, 5) is 26.0. The third-order valence-corrected chi connectivity index (χ3v) is 7.31. The normalized spacial score (nSPS) is 15.6. The zero-order chi connectivity index (χ0) is 29.3. The van der Waals surface area contributed by atoms with E-state index in [0.29, 0.717) is 61.7 Å². The van der Waals surface area contributed by atoms with Crippen LogP contribution in [0.5, 0.6) is 11.5 Å². The molecule has 2 aliphatic heterocycles. The molecule has 218 valence electrons. The first-order valence-corrected chi connectivity index (χ1v) is 13.4. The summed E-state index contributed by atoms with van der Waals surface area (Å²) < 4.78 is 52.1. The number of fused-ring (bicyclic) bond motifs is 1. The lowest BCUT2D eigenvalue weighted by molar-refractivity contribution is -0.132. The number of rotatable bonds is 8. The van der Waals surface area contributed by atoms with E-state index in [4.69, 9.17) is 18.9 Å². The summed E-state index contributed by atoms with van der Waals surface area (Å²) in [6, 6.07) is 11.0. The predicted octanol–water partition coefficient (Wildman–Crippen LogP) is 4.83. The number of methoxy groups -OCH3 is 1. The van der Waals surface area contributed by atoms with Gasteiger partial charge in [-0.05, 0) is 23.8 Å². The molecule has 0 bridgehead atoms. The van der Waals surface area contributed by atoms with Gasteiger partial charge in [0.2, 0.25) is 0 Å². The van der Waals surface area contributed by atoms with Crippen molar-refractivity contribution in [3.05, 3.63) is 72.1 Å². The fraction of sp³-hybridized carbons (Fsp3) is 0.300. The number of H-pyrrole nitrogens is 1. The first-order valence-electron chi connectivity index (χ1n) is 13.4. The molecular weight excluding hydrogens is 548 g/mol. The van der Waals surface area contributed by atoms with Crippen LogP contribution < -0.4 is 10.1 Å². The van der Waals surface area contributed by atoms with Crippen LogP contribution in [-0.4, -0.2) is 80.5 Å². The fourth-order valence-electron chi connectivity index (χ4n) is 4.84. The topological polar surface area (TPSA) is 110 Å². The number of aliphatic imine (C=N–C) groups is 1. The van der Waals surface area contributed by atoms with E-state index in [1.807, 2.05) is 0 Å². The molecule has 1 saturated heterocycles. The summed E-state index contributed by atoms with van der Waals surface area (Å²) in [6.45, 7) is 3.01. The monoisotopic (exact) mass is 577 g/mol. The van der Waals surface area contributed by atoms with Gasteiger partial charge in [0, 0.05) is 62.0 Å². The maximum Gasteiger partial charge on any atom is 0.289 e. The Hall–Kier alpha value is -4.55. The minimum absolute atomic E-state index is 0.105. The Balaban J connectivity index is 1.23. The van der Waals surface area contributed by atoms with E-state index in [9.17, 15) is 4.79 Å². The zero-order valence-corrected chi connectivity index (χ0v) is 23.1. The Morgan fingerprint density at radius 3 is 2.55 bits per heavy atom. The average molecular weight is 578 g/mol.